The third kappa shape index (κ3) is 2.64. The van der Waals surface area contributed by atoms with Crippen LogP contribution in [0.2, 0.25) is 5.02 Å². The van der Waals surface area contributed by atoms with Gasteiger partial charge in [0.15, 0.2) is 10.1 Å². The Kier molecular flexibility index (Phi) is 3.63. The lowest BCUT2D eigenvalue weighted by atomic mass is 10.1. The summed E-state index contributed by atoms with van der Waals surface area (Å²) in [5, 5.41) is 2.51. The maximum Gasteiger partial charge on any atom is 0.159 e. The molecule has 2 aromatic rings. The second-order valence-electron chi connectivity index (χ2n) is 3.10. The predicted octanol–water partition coefficient (Wildman–Crippen LogP) is 4.15. The van der Waals surface area contributed by atoms with Crippen LogP contribution in [0.1, 0.15) is 17.3 Å². The van der Waals surface area contributed by atoms with Crippen LogP contribution in [0.15, 0.2) is 39.0 Å². The zero-order valence-electron chi connectivity index (χ0n) is 8.44. The van der Waals surface area contributed by atoms with Gasteiger partial charge in [0, 0.05) is 22.0 Å². The number of benzene rings is 1. The third-order valence-electron chi connectivity index (χ3n) is 1.95. The summed E-state index contributed by atoms with van der Waals surface area (Å²) >= 11 is 9.16. The molecule has 0 amide bonds. The number of hydrogen-bond acceptors (Lipinski definition) is 4. The average molecular weight is 270 g/mol. The summed E-state index contributed by atoms with van der Waals surface area (Å²) < 4.78 is 0.942. The number of carbonyl (C=O) groups excluding carboxylic acids is 1. The largest absolute Gasteiger partial charge is 0.295 e. The second kappa shape index (κ2) is 4.99. The van der Waals surface area contributed by atoms with Gasteiger partial charge in [0.2, 0.25) is 0 Å². The summed E-state index contributed by atoms with van der Waals surface area (Å²) in [6.07, 6.45) is 1.75. The van der Waals surface area contributed by atoms with Gasteiger partial charge in [0.05, 0.1) is 5.02 Å². The Balaban J connectivity index is 2.26. The van der Waals surface area contributed by atoms with Gasteiger partial charge in [-0.2, -0.15) is 0 Å². The molecule has 0 atom stereocenters. The van der Waals surface area contributed by atoms with Crippen LogP contribution in [-0.4, -0.2) is 10.8 Å². The van der Waals surface area contributed by atoms with Crippen LogP contribution in [0.4, 0.5) is 0 Å². The van der Waals surface area contributed by atoms with Crippen molar-refractivity contribution >= 4 is 40.5 Å². The molecule has 2 rings (SSSR count). The van der Waals surface area contributed by atoms with Gasteiger partial charge in [-0.3, -0.25) is 4.79 Å². The Morgan fingerprint density at radius 3 is 2.88 bits per heavy atom. The van der Waals surface area contributed by atoms with E-state index in [1.54, 1.807) is 29.7 Å². The highest BCUT2D eigenvalue weighted by molar-refractivity contribution is 8.01. The van der Waals surface area contributed by atoms with Crippen molar-refractivity contribution in [1.29, 1.82) is 0 Å². The highest BCUT2D eigenvalue weighted by atomic mass is 35.5. The number of hydrogen-bond donors (Lipinski definition) is 0. The lowest BCUT2D eigenvalue weighted by Crippen LogP contribution is -1.91. The minimum absolute atomic E-state index is 0.0210. The molecule has 0 N–H and O–H groups in total. The number of Topliss-reactive ketones (excluding diaryl/α,β-unsaturated/α-hetero) is 1. The summed E-state index contributed by atoms with van der Waals surface area (Å²) in [4.78, 5) is 16.2. The fraction of sp³-hybridized carbons (Fsp3) is 0.0909. The van der Waals surface area contributed by atoms with Gasteiger partial charge in [-0.15, -0.1) is 11.3 Å². The van der Waals surface area contributed by atoms with Gasteiger partial charge in [-0.25, -0.2) is 4.98 Å². The third-order valence-corrected chi connectivity index (χ3v) is 4.33. The predicted molar refractivity (Wildman–Crippen MR) is 67.7 cm³/mol. The molecule has 0 aliphatic rings. The number of carbonyl (C=O) groups is 1. The standard InChI is InChI=1S/C11H8ClNOS2/c1-7(14)8-2-3-10(9(12)6-8)16-11-13-4-5-15-11/h2-6H,1H3. The number of thiazole rings is 1. The minimum atomic E-state index is 0.0210. The molecule has 0 spiro atoms. The van der Waals surface area contributed by atoms with Crippen LogP contribution < -0.4 is 0 Å². The highest BCUT2D eigenvalue weighted by Gasteiger charge is 2.07. The summed E-state index contributed by atoms with van der Waals surface area (Å²) in [5.41, 5.74) is 0.633. The Morgan fingerprint density at radius 2 is 2.31 bits per heavy atom. The molecule has 0 aliphatic carbocycles. The van der Waals surface area contributed by atoms with Crippen molar-refractivity contribution in [1.82, 2.24) is 4.98 Å². The van der Waals surface area contributed by atoms with Crippen LogP contribution >= 0.6 is 34.7 Å². The smallest absolute Gasteiger partial charge is 0.159 e. The molecule has 5 heteroatoms. The van der Waals surface area contributed by atoms with Crippen molar-refractivity contribution in [3.05, 3.63) is 40.4 Å². The Labute approximate surface area is 107 Å². The molecule has 1 aromatic heterocycles. The van der Waals surface area contributed by atoms with Crippen LogP contribution in [0.5, 0.6) is 0 Å². The van der Waals surface area contributed by atoms with E-state index in [4.69, 9.17) is 11.6 Å². The first-order valence-electron chi connectivity index (χ1n) is 4.54. The fourth-order valence-corrected chi connectivity index (χ4v) is 3.04. The number of aromatic nitrogens is 1. The molecule has 1 aromatic carbocycles. The quantitative estimate of drug-likeness (QED) is 0.784. The number of halogens is 1. The Morgan fingerprint density at radius 1 is 1.50 bits per heavy atom. The molecule has 0 fully saturated rings. The van der Waals surface area contributed by atoms with E-state index in [9.17, 15) is 4.79 Å². The van der Waals surface area contributed by atoms with Gasteiger partial charge < -0.3 is 0 Å². The van der Waals surface area contributed by atoms with Crippen LogP contribution in [0.25, 0.3) is 0 Å². The normalized spacial score (nSPS) is 10.4. The van der Waals surface area contributed by atoms with Crippen LogP contribution in [-0.2, 0) is 0 Å². The monoisotopic (exact) mass is 269 g/mol. The van der Waals surface area contributed by atoms with Gasteiger partial charge in [0.25, 0.3) is 0 Å². The molecule has 0 bridgehead atoms. The van der Waals surface area contributed by atoms with E-state index < -0.39 is 0 Å². The lowest BCUT2D eigenvalue weighted by Gasteiger charge is -2.03. The van der Waals surface area contributed by atoms with Crippen molar-refractivity contribution in [3.8, 4) is 0 Å². The van der Waals surface area contributed by atoms with E-state index in [1.807, 2.05) is 11.4 Å². The second-order valence-corrected chi connectivity index (χ2v) is 5.69. The maximum absolute atomic E-state index is 11.2. The zero-order chi connectivity index (χ0) is 11.5. The Hall–Kier alpha value is -0.840. The van der Waals surface area contributed by atoms with E-state index in [-0.39, 0.29) is 5.78 Å². The summed E-state index contributed by atoms with van der Waals surface area (Å²) in [5.74, 6) is 0.0210. The molecule has 16 heavy (non-hydrogen) atoms. The topological polar surface area (TPSA) is 30.0 Å². The average Bonchev–Trinajstić information content (AvgIpc) is 2.73. The van der Waals surface area contributed by atoms with Gasteiger partial charge in [-0.1, -0.05) is 29.4 Å². The molecule has 82 valence electrons. The molecule has 0 saturated heterocycles. The minimum Gasteiger partial charge on any atom is -0.295 e. The van der Waals surface area contributed by atoms with Crippen molar-refractivity contribution in [2.75, 3.05) is 0 Å². The number of ketones is 1. The number of nitrogens with zero attached hydrogens (tertiary/aromatic N) is 1. The van der Waals surface area contributed by atoms with Crippen LogP contribution in [0, 0.1) is 0 Å². The first kappa shape index (κ1) is 11.6. The molecular formula is C11H8ClNOS2. The molecule has 1 heterocycles. The summed E-state index contributed by atoms with van der Waals surface area (Å²) in [6.45, 7) is 1.53. The molecule has 0 saturated carbocycles. The van der Waals surface area contributed by atoms with E-state index in [1.165, 1.54) is 18.7 Å². The van der Waals surface area contributed by atoms with E-state index in [0.29, 0.717) is 10.6 Å². The Bertz CT molecular complexity index is 511. The van der Waals surface area contributed by atoms with Gasteiger partial charge in [0.1, 0.15) is 0 Å². The van der Waals surface area contributed by atoms with Crippen molar-refractivity contribution in [2.24, 2.45) is 0 Å². The molecule has 0 unspecified atom stereocenters. The lowest BCUT2D eigenvalue weighted by molar-refractivity contribution is 0.101. The fourth-order valence-electron chi connectivity index (χ4n) is 1.16. The molecule has 2 nitrogen and oxygen atoms in total. The maximum atomic E-state index is 11.2. The van der Waals surface area contributed by atoms with Gasteiger partial charge in [-0.05, 0) is 19.1 Å². The van der Waals surface area contributed by atoms with Gasteiger partial charge >= 0.3 is 0 Å². The first-order valence-corrected chi connectivity index (χ1v) is 6.62. The zero-order valence-corrected chi connectivity index (χ0v) is 10.8. The highest BCUT2D eigenvalue weighted by Crippen LogP contribution is 2.34. The van der Waals surface area contributed by atoms with Crippen molar-refractivity contribution in [3.63, 3.8) is 0 Å². The van der Waals surface area contributed by atoms with E-state index in [2.05, 4.69) is 4.98 Å². The van der Waals surface area contributed by atoms with Crippen LogP contribution in [0.3, 0.4) is 0 Å². The number of rotatable bonds is 3. The summed E-state index contributed by atoms with van der Waals surface area (Å²) in [7, 11) is 0. The first-order chi connectivity index (χ1) is 7.66. The summed E-state index contributed by atoms with van der Waals surface area (Å²) in [6, 6.07) is 5.33. The molecular weight excluding hydrogens is 262 g/mol. The molecule has 0 radical (unpaired) electrons. The van der Waals surface area contributed by atoms with Crippen molar-refractivity contribution < 1.29 is 4.79 Å². The van der Waals surface area contributed by atoms with E-state index >= 15 is 0 Å². The van der Waals surface area contributed by atoms with Crippen molar-refractivity contribution in [2.45, 2.75) is 16.2 Å². The SMILES string of the molecule is CC(=O)c1ccc(Sc2nccs2)c(Cl)c1. The van der Waals surface area contributed by atoms with E-state index in [0.717, 1.165) is 9.24 Å². The molecule has 0 aliphatic heterocycles.